The van der Waals surface area contributed by atoms with Gasteiger partial charge in [-0.1, -0.05) is 6.42 Å². The SMILES string of the molecule is COc1ccc(O)c(C(=O)N2C[C@@H]3CCC[C@@]3(C(=O)O)C2)c1. The number of methoxy groups -OCH3 is 1. The number of phenolic OH excluding ortho intramolecular Hbond substituents is 1. The summed E-state index contributed by atoms with van der Waals surface area (Å²) < 4.78 is 5.08. The van der Waals surface area contributed by atoms with Crippen LogP contribution in [0.15, 0.2) is 18.2 Å². The molecule has 1 aliphatic heterocycles. The first-order valence-electron chi connectivity index (χ1n) is 7.37. The smallest absolute Gasteiger partial charge is 0.311 e. The molecule has 6 nitrogen and oxygen atoms in total. The molecule has 6 heteroatoms. The van der Waals surface area contributed by atoms with Gasteiger partial charge in [-0.05, 0) is 37.0 Å². The number of carbonyl (C=O) groups excluding carboxylic acids is 1. The summed E-state index contributed by atoms with van der Waals surface area (Å²) in [5, 5.41) is 19.5. The number of hydrogen-bond donors (Lipinski definition) is 2. The number of amides is 1. The minimum absolute atomic E-state index is 0.00157. The molecule has 1 aliphatic carbocycles. The lowest BCUT2D eigenvalue weighted by atomic mass is 9.81. The van der Waals surface area contributed by atoms with Gasteiger partial charge < -0.3 is 19.8 Å². The number of carboxylic acids is 1. The number of benzene rings is 1. The van der Waals surface area contributed by atoms with E-state index in [9.17, 15) is 19.8 Å². The van der Waals surface area contributed by atoms with Crippen LogP contribution in [-0.2, 0) is 4.79 Å². The molecule has 0 radical (unpaired) electrons. The molecule has 1 saturated carbocycles. The van der Waals surface area contributed by atoms with Crippen LogP contribution in [0.2, 0.25) is 0 Å². The van der Waals surface area contributed by atoms with Crippen molar-refractivity contribution in [2.45, 2.75) is 19.3 Å². The lowest BCUT2D eigenvalue weighted by Crippen LogP contribution is -2.37. The van der Waals surface area contributed by atoms with Crippen molar-refractivity contribution in [1.29, 1.82) is 0 Å². The fourth-order valence-corrected chi connectivity index (χ4v) is 3.78. The highest BCUT2D eigenvalue weighted by molar-refractivity contribution is 5.98. The molecule has 2 N–H and O–H groups in total. The molecular formula is C16H19NO5. The summed E-state index contributed by atoms with van der Waals surface area (Å²) >= 11 is 0. The topological polar surface area (TPSA) is 87.1 Å². The van der Waals surface area contributed by atoms with Crippen LogP contribution in [0.1, 0.15) is 29.6 Å². The minimum Gasteiger partial charge on any atom is -0.507 e. The average Bonchev–Trinajstić information content (AvgIpc) is 3.05. The van der Waals surface area contributed by atoms with Crippen LogP contribution in [0.4, 0.5) is 0 Å². The van der Waals surface area contributed by atoms with Gasteiger partial charge in [-0.3, -0.25) is 9.59 Å². The molecule has 1 aromatic carbocycles. The second-order valence-corrected chi connectivity index (χ2v) is 6.12. The van der Waals surface area contributed by atoms with E-state index in [-0.39, 0.29) is 29.7 Å². The first kappa shape index (κ1) is 14.7. The Morgan fingerprint density at radius 1 is 1.41 bits per heavy atom. The summed E-state index contributed by atoms with van der Waals surface area (Å²) in [5.74, 6) is -0.797. The third-order valence-corrected chi connectivity index (χ3v) is 5.02. The molecular weight excluding hydrogens is 286 g/mol. The van der Waals surface area contributed by atoms with Crippen LogP contribution in [0, 0.1) is 11.3 Å². The van der Waals surface area contributed by atoms with E-state index in [0.29, 0.717) is 18.7 Å². The van der Waals surface area contributed by atoms with Gasteiger partial charge >= 0.3 is 5.97 Å². The van der Waals surface area contributed by atoms with Gasteiger partial charge in [0.25, 0.3) is 5.91 Å². The molecule has 0 aromatic heterocycles. The van der Waals surface area contributed by atoms with Gasteiger partial charge in [-0.25, -0.2) is 0 Å². The quantitative estimate of drug-likeness (QED) is 0.888. The van der Waals surface area contributed by atoms with Crippen LogP contribution in [-0.4, -0.2) is 47.2 Å². The number of likely N-dealkylation sites (tertiary alicyclic amines) is 1. The molecule has 1 heterocycles. The minimum atomic E-state index is -0.819. The van der Waals surface area contributed by atoms with Gasteiger partial charge in [-0.15, -0.1) is 0 Å². The number of phenols is 1. The lowest BCUT2D eigenvalue weighted by molar-refractivity contribution is -0.149. The first-order valence-corrected chi connectivity index (χ1v) is 7.37. The van der Waals surface area contributed by atoms with Crippen LogP contribution in [0.3, 0.4) is 0 Å². The van der Waals surface area contributed by atoms with E-state index in [1.54, 1.807) is 11.0 Å². The number of fused-ring (bicyclic) bond motifs is 1. The van der Waals surface area contributed by atoms with E-state index in [4.69, 9.17) is 4.74 Å². The fourth-order valence-electron chi connectivity index (χ4n) is 3.78. The Balaban J connectivity index is 1.87. The Hall–Kier alpha value is -2.24. The molecule has 1 saturated heterocycles. The zero-order chi connectivity index (χ0) is 15.9. The zero-order valence-corrected chi connectivity index (χ0v) is 12.4. The van der Waals surface area contributed by atoms with E-state index in [1.807, 2.05) is 0 Å². The third kappa shape index (κ3) is 2.10. The van der Waals surface area contributed by atoms with Gasteiger partial charge in [0.15, 0.2) is 0 Å². The molecule has 0 bridgehead atoms. The van der Waals surface area contributed by atoms with Crippen molar-refractivity contribution in [3.05, 3.63) is 23.8 Å². The standard InChI is InChI=1S/C16H19NO5/c1-22-11-4-5-13(18)12(7-11)14(19)17-8-10-3-2-6-16(10,9-17)15(20)21/h4-5,7,10,18H,2-3,6,8-9H2,1H3,(H,20,21)/t10-,16+/m0/s1. The van der Waals surface area contributed by atoms with Crippen molar-refractivity contribution < 1.29 is 24.5 Å². The van der Waals surface area contributed by atoms with Crippen molar-refractivity contribution in [3.8, 4) is 11.5 Å². The second-order valence-electron chi connectivity index (χ2n) is 6.12. The van der Waals surface area contributed by atoms with Gasteiger partial charge in [0, 0.05) is 13.1 Å². The van der Waals surface area contributed by atoms with Gasteiger partial charge in [0.1, 0.15) is 11.5 Å². The Kier molecular flexibility index (Phi) is 3.47. The monoisotopic (exact) mass is 305 g/mol. The molecule has 2 atom stereocenters. The maximum Gasteiger partial charge on any atom is 0.311 e. The Morgan fingerprint density at radius 2 is 2.18 bits per heavy atom. The fraction of sp³-hybridized carbons (Fsp3) is 0.500. The number of carbonyl (C=O) groups is 2. The second kappa shape index (κ2) is 5.19. The summed E-state index contributed by atoms with van der Waals surface area (Å²) in [6, 6.07) is 4.47. The molecule has 118 valence electrons. The summed E-state index contributed by atoms with van der Waals surface area (Å²) in [5.41, 5.74) is -0.663. The van der Waals surface area contributed by atoms with E-state index in [0.717, 1.165) is 12.8 Å². The zero-order valence-electron chi connectivity index (χ0n) is 12.4. The van der Waals surface area contributed by atoms with Crippen LogP contribution in [0.25, 0.3) is 0 Å². The highest BCUT2D eigenvalue weighted by atomic mass is 16.5. The first-order chi connectivity index (χ1) is 10.5. The van der Waals surface area contributed by atoms with Crippen molar-refractivity contribution in [3.63, 3.8) is 0 Å². The Morgan fingerprint density at radius 3 is 2.82 bits per heavy atom. The van der Waals surface area contributed by atoms with Crippen molar-refractivity contribution in [2.75, 3.05) is 20.2 Å². The summed E-state index contributed by atoms with van der Waals surface area (Å²) in [6.07, 6.45) is 2.34. The number of aliphatic carboxylic acids is 1. The van der Waals surface area contributed by atoms with E-state index < -0.39 is 11.4 Å². The third-order valence-electron chi connectivity index (χ3n) is 5.02. The molecule has 2 aliphatic rings. The molecule has 0 unspecified atom stereocenters. The van der Waals surface area contributed by atoms with Crippen LogP contribution >= 0.6 is 0 Å². The predicted octanol–water partition coefficient (Wildman–Crippen LogP) is 1.73. The largest absolute Gasteiger partial charge is 0.507 e. The number of nitrogens with zero attached hydrogens (tertiary/aromatic N) is 1. The lowest BCUT2D eigenvalue weighted by Gasteiger charge is -2.23. The van der Waals surface area contributed by atoms with Gasteiger partial charge in [-0.2, -0.15) is 0 Å². The Bertz CT molecular complexity index is 629. The van der Waals surface area contributed by atoms with E-state index >= 15 is 0 Å². The number of rotatable bonds is 3. The summed E-state index contributed by atoms with van der Waals surface area (Å²) in [4.78, 5) is 25.9. The average molecular weight is 305 g/mol. The van der Waals surface area contributed by atoms with Crippen molar-refractivity contribution >= 4 is 11.9 Å². The summed E-state index contributed by atoms with van der Waals surface area (Å²) in [7, 11) is 1.49. The number of carboxylic acid groups (broad SMARTS) is 1. The predicted molar refractivity (Wildman–Crippen MR) is 78.0 cm³/mol. The summed E-state index contributed by atoms with van der Waals surface area (Å²) in [6.45, 7) is 0.643. The van der Waals surface area contributed by atoms with Gasteiger partial charge in [0.2, 0.25) is 0 Å². The number of aromatic hydroxyl groups is 1. The molecule has 22 heavy (non-hydrogen) atoms. The highest BCUT2D eigenvalue weighted by Gasteiger charge is 2.55. The maximum absolute atomic E-state index is 12.6. The van der Waals surface area contributed by atoms with Crippen LogP contribution < -0.4 is 4.74 Å². The number of hydrogen-bond acceptors (Lipinski definition) is 4. The van der Waals surface area contributed by atoms with Crippen LogP contribution in [0.5, 0.6) is 11.5 Å². The van der Waals surface area contributed by atoms with E-state index in [2.05, 4.69) is 0 Å². The maximum atomic E-state index is 12.6. The number of ether oxygens (including phenoxy) is 1. The molecule has 1 aromatic rings. The van der Waals surface area contributed by atoms with Gasteiger partial charge in [0.05, 0.1) is 18.1 Å². The van der Waals surface area contributed by atoms with Crippen molar-refractivity contribution in [1.82, 2.24) is 4.90 Å². The normalized spacial score (nSPS) is 26.8. The highest BCUT2D eigenvalue weighted by Crippen LogP contribution is 2.49. The molecule has 3 rings (SSSR count). The van der Waals surface area contributed by atoms with E-state index in [1.165, 1.54) is 19.2 Å². The Labute approximate surface area is 128 Å². The van der Waals surface area contributed by atoms with Crippen molar-refractivity contribution in [2.24, 2.45) is 11.3 Å². The molecule has 1 amide bonds. The molecule has 2 fully saturated rings. The molecule has 0 spiro atoms.